The summed E-state index contributed by atoms with van der Waals surface area (Å²) in [5.41, 5.74) is -0.782. The van der Waals surface area contributed by atoms with Gasteiger partial charge in [0.25, 0.3) is 0 Å². The van der Waals surface area contributed by atoms with Gasteiger partial charge in [-0.15, -0.1) is 0 Å². The number of benzene rings is 1. The maximum atomic E-state index is 13.4. The third kappa shape index (κ3) is 3.89. The Morgan fingerprint density at radius 2 is 2.00 bits per heavy atom. The highest BCUT2D eigenvalue weighted by Gasteiger charge is 2.41. The molecule has 148 valence electrons. The largest absolute Gasteiger partial charge is 0.492 e. The van der Waals surface area contributed by atoms with Crippen molar-refractivity contribution in [3.8, 4) is 0 Å². The van der Waals surface area contributed by atoms with Crippen molar-refractivity contribution in [2.45, 2.75) is 44.5 Å². The van der Waals surface area contributed by atoms with E-state index in [1.807, 2.05) is 0 Å². The molecule has 1 aromatic heterocycles. The highest BCUT2D eigenvalue weighted by Crippen LogP contribution is 2.34. The highest BCUT2D eigenvalue weighted by atomic mass is 35.5. The second kappa shape index (κ2) is 7.42. The number of hydrogen-bond donors (Lipinski definition) is 3. The van der Waals surface area contributed by atoms with Gasteiger partial charge in [0, 0.05) is 17.2 Å². The van der Waals surface area contributed by atoms with E-state index in [1.54, 1.807) is 0 Å². The molecule has 1 aliphatic carbocycles. The van der Waals surface area contributed by atoms with E-state index >= 15 is 0 Å². The summed E-state index contributed by atoms with van der Waals surface area (Å²) in [6.45, 7) is -0.106. The van der Waals surface area contributed by atoms with Crippen LogP contribution in [0.2, 0.25) is 5.02 Å². The quantitative estimate of drug-likeness (QED) is 0.668. The number of fused-ring (bicyclic) bond motifs is 1. The van der Waals surface area contributed by atoms with E-state index in [2.05, 4.69) is 20.6 Å². The van der Waals surface area contributed by atoms with E-state index in [9.17, 15) is 18.2 Å². The highest BCUT2D eigenvalue weighted by molar-refractivity contribution is 6.62. The fourth-order valence-electron chi connectivity index (χ4n) is 3.60. The van der Waals surface area contributed by atoms with Crippen LogP contribution in [0.15, 0.2) is 18.3 Å². The molecule has 2 aliphatic rings. The molecule has 0 saturated heterocycles. The first-order valence-electron chi connectivity index (χ1n) is 8.91. The molecule has 1 aromatic carbocycles. The number of nitrogens with zero attached hydrogens (tertiary/aromatic N) is 2. The molecular weight excluding hydrogens is 395 g/mol. The molecule has 0 spiro atoms. The summed E-state index contributed by atoms with van der Waals surface area (Å²) in [5.74, 6) is 0.569. The lowest BCUT2D eigenvalue weighted by Gasteiger charge is -2.16. The van der Waals surface area contributed by atoms with Crippen molar-refractivity contribution < 1.29 is 22.8 Å². The SMILES string of the molecule is OB1OCc2cc(Nc3ncc(Cl)c(NC4CCCC4)n3)cc(C(F)(F)F)c21. The molecule has 0 bridgehead atoms. The Hall–Kier alpha value is -2.04. The van der Waals surface area contributed by atoms with Crippen LogP contribution in [0.5, 0.6) is 0 Å². The molecule has 0 atom stereocenters. The first kappa shape index (κ1) is 19.3. The molecule has 1 saturated carbocycles. The van der Waals surface area contributed by atoms with E-state index < -0.39 is 18.9 Å². The summed E-state index contributed by atoms with van der Waals surface area (Å²) in [6.07, 6.45) is 1.07. The minimum atomic E-state index is -4.63. The maximum absolute atomic E-state index is 13.4. The molecule has 1 aliphatic heterocycles. The van der Waals surface area contributed by atoms with Gasteiger partial charge in [0.15, 0.2) is 5.82 Å². The topological polar surface area (TPSA) is 79.3 Å². The number of aromatic nitrogens is 2. The summed E-state index contributed by atoms with van der Waals surface area (Å²) < 4.78 is 45.2. The standard InChI is InChI=1S/C17H17BClF3N4O2/c19-13-7-23-16(26-15(13)24-10-3-1-2-4-10)25-11-5-9-8-28-18(27)14(9)12(6-11)17(20,21)22/h5-7,10,27H,1-4,8H2,(H2,23,24,25,26). The zero-order valence-electron chi connectivity index (χ0n) is 14.7. The minimum absolute atomic E-state index is 0.106. The van der Waals surface area contributed by atoms with Gasteiger partial charge >= 0.3 is 13.3 Å². The second-order valence-corrected chi connectivity index (χ2v) is 7.31. The van der Waals surface area contributed by atoms with Crippen molar-refractivity contribution >= 4 is 41.6 Å². The molecule has 0 radical (unpaired) electrons. The fraction of sp³-hybridized carbons (Fsp3) is 0.412. The van der Waals surface area contributed by atoms with Crippen molar-refractivity contribution in [2.75, 3.05) is 10.6 Å². The molecule has 3 N–H and O–H groups in total. The van der Waals surface area contributed by atoms with Crippen LogP contribution in [-0.4, -0.2) is 28.2 Å². The molecule has 28 heavy (non-hydrogen) atoms. The summed E-state index contributed by atoms with van der Waals surface area (Å²) in [4.78, 5) is 8.36. The Balaban J connectivity index is 1.62. The van der Waals surface area contributed by atoms with Crippen molar-refractivity contribution in [3.05, 3.63) is 34.5 Å². The van der Waals surface area contributed by atoms with Crippen LogP contribution in [0.25, 0.3) is 0 Å². The first-order chi connectivity index (χ1) is 13.3. The van der Waals surface area contributed by atoms with Crippen LogP contribution in [0.4, 0.5) is 30.6 Å². The van der Waals surface area contributed by atoms with E-state index in [1.165, 1.54) is 12.3 Å². The predicted octanol–water partition coefficient (Wildman–Crippen LogP) is 3.46. The smallest absolute Gasteiger partial charge is 0.423 e. The average Bonchev–Trinajstić information content (AvgIpc) is 3.27. The van der Waals surface area contributed by atoms with E-state index in [0.717, 1.165) is 31.7 Å². The zero-order chi connectivity index (χ0) is 19.9. The van der Waals surface area contributed by atoms with Crippen LogP contribution in [0.1, 0.15) is 36.8 Å². The molecule has 0 unspecified atom stereocenters. The molecule has 1 fully saturated rings. The van der Waals surface area contributed by atoms with Crippen molar-refractivity contribution in [3.63, 3.8) is 0 Å². The number of halogens is 4. The Bertz CT molecular complexity index is 893. The number of rotatable bonds is 4. The lowest BCUT2D eigenvalue weighted by atomic mass is 9.75. The summed E-state index contributed by atoms with van der Waals surface area (Å²) in [6, 6.07) is 2.68. The number of hydrogen-bond acceptors (Lipinski definition) is 6. The van der Waals surface area contributed by atoms with Crippen LogP contribution in [0, 0.1) is 0 Å². The average molecular weight is 413 g/mol. The van der Waals surface area contributed by atoms with Crippen LogP contribution >= 0.6 is 11.6 Å². The molecule has 0 amide bonds. The lowest BCUT2D eigenvalue weighted by molar-refractivity contribution is -0.136. The fourth-order valence-corrected chi connectivity index (χ4v) is 3.75. The molecule has 2 aromatic rings. The third-order valence-corrected chi connectivity index (χ3v) is 5.19. The van der Waals surface area contributed by atoms with Gasteiger partial charge in [-0.05, 0) is 30.5 Å². The number of alkyl halides is 3. The summed E-state index contributed by atoms with van der Waals surface area (Å²) in [5, 5.41) is 16.1. The monoisotopic (exact) mass is 412 g/mol. The van der Waals surface area contributed by atoms with Crippen LogP contribution < -0.4 is 16.1 Å². The Morgan fingerprint density at radius 1 is 1.25 bits per heavy atom. The van der Waals surface area contributed by atoms with Crippen molar-refractivity contribution in [2.24, 2.45) is 0 Å². The van der Waals surface area contributed by atoms with E-state index in [4.69, 9.17) is 16.3 Å². The van der Waals surface area contributed by atoms with Gasteiger partial charge in [-0.1, -0.05) is 24.4 Å². The van der Waals surface area contributed by atoms with Gasteiger partial charge in [0.2, 0.25) is 5.95 Å². The number of nitrogens with one attached hydrogen (secondary N) is 2. The van der Waals surface area contributed by atoms with Gasteiger partial charge < -0.3 is 20.3 Å². The third-order valence-electron chi connectivity index (χ3n) is 4.91. The van der Waals surface area contributed by atoms with Gasteiger partial charge in [-0.25, -0.2) is 4.98 Å². The molecule has 11 heteroatoms. The zero-order valence-corrected chi connectivity index (χ0v) is 15.4. The maximum Gasteiger partial charge on any atom is 0.492 e. The first-order valence-corrected chi connectivity index (χ1v) is 9.29. The van der Waals surface area contributed by atoms with Gasteiger partial charge in [-0.2, -0.15) is 18.2 Å². The summed E-state index contributed by atoms with van der Waals surface area (Å²) in [7, 11) is -1.59. The van der Waals surface area contributed by atoms with Crippen molar-refractivity contribution in [1.29, 1.82) is 0 Å². The van der Waals surface area contributed by atoms with E-state index in [-0.39, 0.29) is 35.3 Å². The van der Waals surface area contributed by atoms with Gasteiger partial charge in [-0.3, -0.25) is 0 Å². The lowest BCUT2D eigenvalue weighted by Crippen LogP contribution is -2.34. The van der Waals surface area contributed by atoms with Crippen LogP contribution in [0.3, 0.4) is 0 Å². The molecule has 2 heterocycles. The minimum Gasteiger partial charge on any atom is -0.423 e. The second-order valence-electron chi connectivity index (χ2n) is 6.90. The Kier molecular flexibility index (Phi) is 5.11. The Labute approximate surface area is 164 Å². The van der Waals surface area contributed by atoms with Crippen LogP contribution in [-0.2, 0) is 17.4 Å². The Morgan fingerprint density at radius 3 is 2.71 bits per heavy atom. The van der Waals surface area contributed by atoms with Gasteiger partial charge in [0.1, 0.15) is 5.02 Å². The van der Waals surface area contributed by atoms with Crippen molar-refractivity contribution in [1.82, 2.24) is 9.97 Å². The predicted molar refractivity (Wildman–Crippen MR) is 100 cm³/mol. The van der Waals surface area contributed by atoms with E-state index in [0.29, 0.717) is 10.8 Å². The number of anilines is 3. The molecule has 4 rings (SSSR count). The summed E-state index contributed by atoms with van der Waals surface area (Å²) >= 11 is 6.15. The molecule has 6 nitrogen and oxygen atoms in total. The normalized spacial score (nSPS) is 17.1. The van der Waals surface area contributed by atoms with Gasteiger partial charge in [0.05, 0.1) is 18.4 Å². The molecular formula is C17H17BClF3N4O2.